The van der Waals surface area contributed by atoms with Gasteiger partial charge in [0.05, 0.1) is 5.69 Å². The highest BCUT2D eigenvalue weighted by Gasteiger charge is 2.33. The molecule has 2 fully saturated rings. The smallest absolute Gasteiger partial charge is 0.106 e. The van der Waals surface area contributed by atoms with Crippen molar-refractivity contribution in [2.75, 3.05) is 6.54 Å². The van der Waals surface area contributed by atoms with Crippen LogP contribution in [0.25, 0.3) is 0 Å². The van der Waals surface area contributed by atoms with Crippen molar-refractivity contribution in [1.82, 2.24) is 9.88 Å². The molecular formula is C14H23N3S. The Morgan fingerprint density at radius 2 is 2.11 bits per heavy atom. The Bertz CT molecular complexity index is 388. The fraction of sp³-hybridized carbons (Fsp3) is 0.786. The molecule has 1 aliphatic carbocycles. The highest BCUT2D eigenvalue weighted by Crippen LogP contribution is 2.35. The molecule has 0 radical (unpaired) electrons. The quantitative estimate of drug-likeness (QED) is 0.914. The number of fused-ring (bicyclic) bond motifs is 1. The Morgan fingerprint density at radius 1 is 1.28 bits per heavy atom. The summed E-state index contributed by atoms with van der Waals surface area (Å²) in [6.07, 6.45) is 8.54. The third-order valence-corrected chi connectivity index (χ3v) is 5.42. The van der Waals surface area contributed by atoms with Crippen LogP contribution < -0.4 is 5.73 Å². The Kier molecular flexibility index (Phi) is 3.97. The molecule has 2 aliphatic rings. The van der Waals surface area contributed by atoms with E-state index in [9.17, 15) is 0 Å². The van der Waals surface area contributed by atoms with Gasteiger partial charge in [0.1, 0.15) is 5.01 Å². The number of likely N-dealkylation sites (tertiary alicyclic amines) is 1. The largest absolute Gasteiger partial charge is 0.325 e. The van der Waals surface area contributed by atoms with Gasteiger partial charge in [0.25, 0.3) is 0 Å². The molecule has 3 rings (SSSR count). The first kappa shape index (κ1) is 12.6. The van der Waals surface area contributed by atoms with Gasteiger partial charge in [-0.3, -0.25) is 4.90 Å². The lowest BCUT2D eigenvalue weighted by Crippen LogP contribution is -2.46. The second-order valence-corrected chi connectivity index (χ2v) is 6.60. The van der Waals surface area contributed by atoms with Crippen LogP contribution >= 0.6 is 11.3 Å². The third kappa shape index (κ3) is 2.60. The number of nitrogens with zero attached hydrogens (tertiary/aromatic N) is 2. The van der Waals surface area contributed by atoms with Crippen LogP contribution in [0.15, 0.2) is 5.38 Å². The van der Waals surface area contributed by atoms with E-state index in [2.05, 4.69) is 15.3 Å². The van der Waals surface area contributed by atoms with E-state index in [0.717, 1.165) is 23.5 Å². The monoisotopic (exact) mass is 265 g/mol. The zero-order chi connectivity index (χ0) is 12.4. The lowest BCUT2D eigenvalue weighted by molar-refractivity contribution is 0.0538. The minimum absolute atomic E-state index is 0.580. The van der Waals surface area contributed by atoms with Gasteiger partial charge >= 0.3 is 0 Å². The summed E-state index contributed by atoms with van der Waals surface area (Å²) in [6.45, 7) is 2.88. The minimum atomic E-state index is 0.580. The molecule has 0 aromatic carbocycles. The number of rotatable bonds is 3. The van der Waals surface area contributed by atoms with E-state index >= 15 is 0 Å². The van der Waals surface area contributed by atoms with Gasteiger partial charge in [-0.2, -0.15) is 0 Å². The van der Waals surface area contributed by atoms with Gasteiger partial charge in [0, 0.05) is 24.5 Å². The molecule has 1 aromatic heterocycles. The van der Waals surface area contributed by atoms with Crippen molar-refractivity contribution in [2.45, 2.75) is 57.7 Å². The summed E-state index contributed by atoms with van der Waals surface area (Å²) >= 11 is 1.70. The molecule has 2 unspecified atom stereocenters. The maximum atomic E-state index is 5.64. The summed E-state index contributed by atoms with van der Waals surface area (Å²) in [5.74, 6) is 0.958. The fourth-order valence-electron chi connectivity index (χ4n) is 3.65. The van der Waals surface area contributed by atoms with Gasteiger partial charge in [-0.05, 0) is 38.1 Å². The number of nitrogens with two attached hydrogens (primary N) is 1. The zero-order valence-corrected chi connectivity index (χ0v) is 11.8. The number of hydrogen-bond acceptors (Lipinski definition) is 4. The van der Waals surface area contributed by atoms with Crippen LogP contribution in [0.4, 0.5) is 0 Å². The summed E-state index contributed by atoms with van der Waals surface area (Å²) in [6, 6.07) is 0.829. The highest BCUT2D eigenvalue weighted by atomic mass is 32.1. The van der Waals surface area contributed by atoms with Crippen LogP contribution in [0.3, 0.4) is 0 Å². The summed E-state index contributed by atoms with van der Waals surface area (Å²) in [5.41, 5.74) is 6.87. The van der Waals surface area contributed by atoms with Crippen LogP contribution in [-0.4, -0.2) is 22.5 Å². The van der Waals surface area contributed by atoms with Gasteiger partial charge in [-0.1, -0.05) is 12.8 Å². The van der Waals surface area contributed by atoms with Crippen LogP contribution in [0.5, 0.6) is 0 Å². The van der Waals surface area contributed by atoms with Gasteiger partial charge in [0.15, 0.2) is 0 Å². The second-order valence-electron chi connectivity index (χ2n) is 5.66. The summed E-state index contributed by atoms with van der Waals surface area (Å²) < 4.78 is 0. The average molecular weight is 265 g/mol. The molecule has 2 heterocycles. The topological polar surface area (TPSA) is 42.1 Å². The average Bonchev–Trinajstić information content (AvgIpc) is 2.87. The molecule has 18 heavy (non-hydrogen) atoms. The highest BCUT2D eigenvalue weighted by molar-refractivity contribution is 7.09. The van der Waals surface area contributed by atoms with Gasteiger partial charge < -0.3 is 5.73 Å². The maximum Gasteiger partial charge on any atom is 0.106 e. The first-order valence-electron chi connectivity index (χ1n) is 7.24. The predicted octanol–water partition coefficient (Wildman–Crippen LogP) is 2.76. The van der Waals surface area contributed by atoms with Crippen LogP contribution in [0, 0.1) is 5.92 Å². The minimum Gasteiger partial charge on any atom is -0.325 e. The lowest BCUT2D eigenvalue weighted by Gasteiger charge is -2.44. The molecule has 1 aliphatic heterocycles. The fourth-order valence-corrected chi connectivity index (χ4v) is 4.31. The molecule has 1 saturated carbocycles. The standard InChI is InChI=1S/C14H23N3S/c15-8-14-16-12(10-18-14)9-17-7-3-5-11-4-1-2-6-13(11)17/h10-11,13H,1-9,15H2. The Labute approximate surface area is 113 Å². The van der Waals surface area contributed by atoms with E-state index < -0.39 is 0 Å². The van der Waals surface area contributed by atoms with E-state index in [-0.39, 0.29) is 0 Å². The first-order valence-corrected chi connectivity index (χ1v) is 8.12. The van der Waals surface area contributed by atoms with Gasteiger partial charge in [-0.25, -0.2) is 4.98 Å². The van der Waals surface area contributed by atoms with Crippen molar-refractivity contribution in [1.29, 1.82) is 0 Å². The van der Waals surface area contributed by atoms with Crippen LogP contribution in [0.1, 0.15) is 49.2 Å². The number of thiazole rings is 1. The molecule has 100 valence electrons. The van der Waals surface area contributed by atoms with Gasteiger partial charge in [-0.15, -0.1) is 11.3 Å². The molecule has 0 bridgehead atoms. The number of aromatic nitrogens is 1. The lowest BCUT2D eigenvalue weighted by atomic mass is 9.78. The number of hydrogen-bond donors (Lipinski definition) is 1. The van der Waals surface area contributed by atoms with Crippen LogP contribution in [0.2, 0.25) is 0 Å². The Morgan fingerprint density at radius 3 is 2.94 bits per heavy atom. The molecule has 1 saturated heterocycles. The van der Waals surface area contributed by atoms with Crippen molar-refractivity contribution in [2.24, 2.45) is 11.7 Å². The molecule has 0 amide bonds. The molecule has 2 N–H and O–H groups in total. The molecule has 0 spiro atoms. The normalized spacial score (nSPS) is 29.2. The van der Waals surface area contributed by atoms with E-state index in [4.69, 9.17) is 5.73 Å². The van der Waals surface area contributed by atoms with Crippen LogP contribution in [-0.2, 0) is 13.1 Å². The Hall–Kier alpha value is -0.450. The molecule has 4 heteroatoms. The van der Waals surface area contributed by atoms with Crippen molar-refractivity contribution >= 4 is 11.3 Å². The summed E-state index contributed by atoms with van der Waals surface area (Å²) in [7, 11) is 0. The summed E-state index contributed by atoms with van der Waals surface area (Å²) in [5, 5.41) is 3.26. The molecular weight excluding hydrogens is 242 g/mol. The molecule has 3 nitrogen and oxygen atoms in total. The summed E-state index contributed by atoms with van der Waals surface area (Å²) in [4.78, 5) is 7.30. The Balaban J connectivity index is 1.66. The first-order chi connectivity index (χ1) is 8.86. The third-order valence-electron chi connectivity index (χ3n) is 4.50. The van der Waals surface area contributed by atoms with E-state index in [1.165, 1.54) is 50.8 Å². The second kappa shape index (κ2) is 5.68. The van der Waals surface area contributed by atoms with Gasteiger partial charge in [0.2, 0.25) is 0 Å². The van der Waals surface area contributed by atoms with E-state index in [1.54, 1.807) is 11.3 Å². The maximum absolute atomic E-state index is 5.64. The molecule has 1 aromatic rings. The van der Waals surface area contributed by atoms with E-state index in [1.807, 2.05) is 0 Å². The van der Waals surface area contributed by atoms with Crippen molar-refractivity contribution in [3.05, 3.63) is 16.1 Å². The van der Waals surface area contributed by atoms with E-state index in [0.29, 0.717) is 6.54 Å². The van der Waals surface area contributed by atoms with Crippen molar-refractivity contribution < 1.29 is 0 Å². The van der Waals surface area contributed by atoms with Crippen molar-refractivity contribution in [3.8, 4) is 0 Å². The molecule has 2 atom stereocenters. The zero-order valence-electron chi connectivity index (χ0n) is 11.0. The SMILES string of the molecule is NCc1nc(CN2CCCC3CCCCC32)cs1. The van der Waals surface area contributed by atoms with Crippen molar-refractivity contribution in [3.63, 3.8) is 0 Å². The number of piperidine rings is 1. The predicted molar refractivity (Wildman–Crippen MR) is 75.4 cm³/mol.